The molecule has 0 aliphatic heterocycles. The summed E-state index contributed by atoms with van der Waals surface area (Å²) in [5.74, 6) is -0.572. The van der Waals surface area contributed by atoms with Crippen molar-refractivity contribution >= 4 is 22.8 Å². The van der Waals surface area contributed by atoms with E-state index in [1.54, 1.807) is 12.1 Å². The first-order chi connectivity index (χ1) is 18.3. The Balaban J connectivity index is 1.51. The van der Waals surface area contributed by atoms with Crippen LogP contribution in [0.1, 0.15) is 79.0 Å². The van der Waals surface area contributed by atoms with E-state index in [4.69, 9.17) is 9.84 Å². The lowest BCUT2D eigenvalue weighted by molar-refractivity contribution is -0.144. The average Bonchev–Trinajstić information content (AvgIpc) is 3.13. The molecule has 2 N–H and O–H groups in total. The Morgan fingerprint density at radius 2 is 1.62 bits per heavy atom. The molecule has 1 amide bonds. The monoisotopic (exact) mass is 526 g/mol. The maximum absolute atomic E-state index is 13.2. The number of carbonyl (C=O) groups excluding carboxylic acids is 1. The van der Waals surface area contributed by atoms with Crippen LogP contribution < -0.4 is 10.1 Å². The van der Waals surface area contributed by atoms with E-state index in [9.17, 15) is 9.59 Å². The van der Waals surface area contributed by atoms with E-state index in [0.717, 1.165) is 27.7 Å². The number of hydrogen-bond acceptors (Lipinski definition) is 3. The third-order valence-electron chi connectivity index (χ3n) is 7.48. The van der Waals surface area contributed by atoms with Gasteiger partial charge in [0.05, 0.1) is 6.04 Å². The smallest absolute Gasteiger partial charge is 0.344 e. The first kappa shape index (κ1) is 28.0. The number of carbonyl (C=O) groups is 2. The Labute approximate surface area is 230 Å². The molecule has 1 heterocycles. The molecule has 0 saturated carbocycles. The zero-order valence-electron chi connectivity index (χ0n) is 23.8. The number of nitrogens with zero attached hydrogens (tertiary/aromatic N) is 1. The van der Waals surface area contributed by atoms with Crippen molar-refractivity contribution in [3.63, 3.8) is 0 Å². The first-order valence-electron chi connectivity index (χ1n) is 13.3. The van der Waals surface area contributed by atoms with Crippen LogP contribution in [-0.4, -0.2) is 27.7 Å². The van der Waals surface area contributed by atoms with Gasteiger partial charge in [-0.05, 0) is 79.1 Å². The summed E-state index contributed by atoms with van der Waals surface area (Å²) in [6, 6.07) is 21.7. The minimum absolute atomic E-state index is 0.0883. The summed E-state index contributed by atoms with van der Waals surface area (Å²) >= 11 is 0. The highest BCUT2D eigenvalue weighted by Crippen LogP contribution is 2.29. The number of benzene rings is 3. The third-order valence-corrected chi connectivity index (χ3v) is 7.48. The maximum atomic E-state index is 13.2. The van der Waals surface area contributed by atoms with Crippen LogP contribution in [0.15, 0.2) is 66.7 Å². The van der Waals surface area contributed by atoms with E-state index < -0.39 is 12.1 Å². The van der Waals surface area contributed by atoms with Gasteiger partial charge in [-0.25, -0.2) is 4.79 Å². The van der Waals surface area contributed by atoms with Crippen LogP contribution in [0.5, 0.6) is 5.75 Å². The zero-order valence-corrected chi connectivity index (χ0v) is 23.8. The number of aliphatic carboxylic acids is 1. The fourth-order valence-electron chi connectivity index (χ4n) is 4.79. The number of carboxylic acid groups (broad SMARTS) is 1. The molecule has 0 saturated heterocycles. The van der Waals surface area contributed by atoms with E-state index in [2.05, 4.69) is 61.8 Å². The summed E-state index contributed by atoms with van der Waals surface area (Å²) in [4.78, 5) is 24.2. The molecular formula is C33H38N2O4. The van der Waals surface area contributed by atoms with Crippen LogP contribution >= 0.6 is 0 Å². The number of rotatable bonds is 8. The second kappa shape index (κ2) is 11.0. The van der Waals surface area contributed by atoms with Crippen LogP contribution in [0.25, 0.3) is 10.9 Å². The molecule has 2 atom stereocenters. The van der Waals surface area contributed by atoms with Crippen LogP contribution in [0.4, 0.5) is 0 Å². The first-order valence-corrected chi connectivity index (χ1v) is 13.3. The number of fused-ring (bicyclic) bond motifs is 1. The number of nitrogens with one attached hydrogen (secondary N) is 1. The van der Waals surface area contributed by atoms with Crippen molar-refractivity contribution in [2.45, 2.75) is 65.5 Å². The van der Waals surface area contributed by atoms with Gasteiger partial charge in [0.25, 0.3) is 5.91 Å². The van der Waals surface area contributed by atoms with Gasteiger partial charge in [0.1, 0.15) is 5.75 Å². The van der Waals surface area contributed by atoms with Crippen molar-refractivity contribution in [2.24, 2.45) is 7.05 Å². The molecule has 0 bridgehead atoms. The molecule has 0 radical (unpaired) electrons. The standard InChI is InChI=1S/C33H38N2O4/c1-20(24-10-13-26(14-11-24)33(4,5)6)34-31(36)25-12-17-28-29(21(2)35(7)30(28)19-25)18-23-8-15-27(16-9-23)39-22(3)32(37)38/h8-17,19-20,22H,18H2,1-7H3,(H,34,36)(H,37,38)/t20-,22?/m0/s1. The van der Waals surface area contributed by atoms with E-state index in [1.165, 1.54) is 18.1 Å². The highest BCUT2D eigenvalue weighted by Gasteiger charge is 2.18. The van der Waals surface area contributed by atoms with Crippen molar-refractivity contribution in [3.8, 4) is 5.75 Å². The molecule has 0 aliphatic rings. The van der Waals surface area contributed by atoms with Crippen molar-refractivity contribution in [1.82, 2.24) is 9.88 Å². The molecule has 0 aliphatic carbocycles. The fraction of sp³-hybridized carbons (Fsp3) is 0.333. The number of aryl methyl sites for hydroxylation is 1. The number of carboxylic acids is 1. The summed E-state index contributed by atoms with van der Waals surface area (Å²) < 4.78 is 7.57. The SMILES string of the molecule is Cc1c(Cc2ccc(OC(C)C(=O)O)cc2)c2ccc(C(=O)N[C@@H](C)c3ccc(C(C)(C)C)cc3)cc2n1C. The normalized spacial score (nSPS) is 13.2. The Morgan fingerprint density at radius 3 is 2.21 bits per heavy atom. The van der Waals surface area contributed by atoms with Gasteiger partial charge in [-0.15, -0.1) is 0 Å². The van der Waals surface area contributed by atoms with Gasteiger partial charge in [-0.2, -0.15) is 0 Å². The van der Waals surface area contributed by atoms with Gasteiger partial charge in [-0.3, -0.25) is 4.79 Å². The molecule has 1 aromatic heterocycles. The minimum Gasteiger partial charge on any atom is -0.479 e. The van der Waals surface area contributed by atoms with Crippen LogP contribution in [0, 0.1) is 6.92 Å². The van der Waals surface area contributed by atoms with Crippen molar-refractivity contribution in [1.29, 1.82) is 0 Å². The van der Waals surface area contributed by atoms with Crippen LogP contribution in [0.3, 0.4) is 0 Å². The summed E-state index contributed by atoms with van der Waals surface area (Å²) in [5.41, 5.74) is 7.48. The Hall–Kier alpha value is -4.06. The van der Waals surface area contributed by atoms with Gasteiger partial charge in [0.2, 0.25) is 0 Å². The second-order valence-corrected chi connectivity index (χ2v) is 11.3. The quantitative estimate of drug-likeness (QED) is 0.267. The second-order valence-electron chi connectivity index (χ2n) is 11.3. The van der Waals surface area contributed by atoms with Gasteiger partial charge in [-0.1, -0.05) is 63.2 Å². The van der Waals surface area contributed by atoms with Crippen molar-refractivity contribution in [3.05, 3.63) is 100 Å². The lowest BCUT2D eigenvalue weighted by Crippen LogP contribution is -2.26. The van der Waals surface area contributed by atoms with Crippen LogP contribution in [-0.2, 0) is 23.7 Å². The summed E-state index contributed by atoms with van der Waals surface area (Å²) in [6.45, 7) is 12.2. The third kappa shape index (κ3) is 6.17. The molecule has 6 nitrogen and oxygen atoms in total. The minimum atomic E-state index is -0.997. The largest absolute Gasteiger partial charge is 0.479 e. The highest BCUT2D eigenvalue weighted by atomic mass is 16.5. The fourth-order valence-corrected chi connectivity index (χ4v) is 4.79. The average molecular weight is 527 g/mol. The topological polar surface area (TPSA) is 80.6 Å². The van der Waals surface area contributed by atoms with Crippen molar-refractivity contribution in [2.75, 3.05) is 0 Å². The predicted octanol–water partition coefficient (Wildman–Crippen LogP) is 6.72. The zero-order chi connectivity index (χ0) is 28.5. The Bertz CT molecular complexity index is 1490. The number of amides is 1. The van der Waals surface area contributed by atoms with Gasteiger partial charge < -0.3 is 19.7 Å². The molecule has 0 spiro atoms. The maximum Gasteiger partial charge on any atom is 0.344 e. The Kier molecular flexibility index (Phi) is 7.86. The summed E-state index contributed by atoms with van der Waals surface area (Å²) in [5, 5.41) is 13.3. The molecule has 4 rings (SSSR count). The number of hydrogen-bond donors (Lipinski definition) is 2. The molecule has 4 aromatic rings. The predicted molar refractivity (Wildman–Crippen MR) is 156 cm³/mol. The van der Waals surface area contributed by atoms with E-state index in [1.807, 2.05) is 44.3 Å². The van der Waals surface area contributed by atoms with E-state index in [-0.39, 0.29) is 17.4 Å². The van der Waals surface area contributed by atoms with Gasteiger partial charge >= 0.3 is 5.97 Å². The number of ether oxygens (including phenoxy) is 1. The molecule has 204 valence electrons. The molecule has 1 unspecified atom stereocenters. The molecule has 0 fully saturated rings. The Morgan fingerprint density at radius 1 is 0.974 bits per heavy atom. The highest BCUT2D eigenvalue weighted by molar-refractivity contribution is 5.99. The van der Waals surface area contributed by atoms with Crippen molar-refractivity contribution < 1.29 is 19.4 Å². The molecular weight excluding hydrogens is 488 g/mol. The number of aromatic nitrogens is 1. The molecule has 3 aromatic carbocycles. The van der Waals surface area contributed by atoms with Gasteiger partial charge in [0.15, 0.2) is 6.10 Å². The van der Waals surface area contributed by atoms with Gasteiger partial charge in [0, 0.05) is 29.2 Å². The lowest BCUT2D eigenvalue weighted by atomic mass is 9.86. The van der Waals surface area contributed by atoms with Crippen LogP contribution in [0.2, 0.25) is 0 Å². The molecule has 6 heteroatoms. The summed E-state index contributed by atoms with van der Waals surface area (Å²) in [7, 11) is 2.02. The summed E-state index contributed by atoms with van der Waals surface area (Å²) in [6.07, 6.45) is -0.190. The molecule has 39 heavy (non-hydrogen) atoms. The van der Waals surface area contributed by atoms with E-state index >= 15 is 0 Å². The van der Waals surface area contributed by atoms with E-state index in [0.29, 0.717) is 17.7 Å². The lowest BCUT2D eigenvalue weighted by Gasteiger charge is -2.20.